The van der Waals surface area contributed by atoms with Crippen molar-refractivity contribution >= 4 is 43.6 Å². The standard InChI is InChI=1S/C57H37N5/c1-4-15-38(16-5-1)43-21-14-22-45(35-43)62-51-25-12-10-23-47(51)49-33-32-46(37-54(49)62)61-52-26-13-11-24-48(52)50-36-44(31-34-53(50)61)39-27-29-42(30-28-39)57-59-55(40-17-6-2-7-18-40)58-56(60-57)41-19-8-3-9-20-41/h1-37H. The molecule has 0 atom stereocenters. The fourth-order valence-corrected chi connectivity index (χ4v) is 9.01. The lowest BCUT2D eigenvalue weighted by Gasteiger charge is -2.12. The zero-order valence-electron chi connectivity index (χ0n) is 33.6. The van der Waals surface area contributed by atoms with Crippen molar-refractivity contribution in [3.63, 3.8) is 0 Å². The van der Waals surface area contributed by atoms with Crippen molar-refractivity contribution in [2.45, 2.75) is 0 Å². The Labute approximate surface area is 358 Å². The van der Waals surface area contributed by atoms with Gasteiger partial charge in [0.15, 0.2) is 17.5 Å². The van der Waals surface area contributed by atoms with Crippen LogP contribution in [0.5, 0.6) is 0 Å². The molecule has 3 heterocycles. The number of nitrogens with zero attached hydrogens (tertiary/aromatic N) is 5. The molecule has 0 amide bonds. The molecular weight excluding hydrogens is 755 g/mol. The van der Waals surface area contributed by atoms with Gasteiger partial charge in [-0.05, 0) is 70.8 Å². The molecule has 0 fully saturated rings. The molecule has 0 bridgehead atoms. The van der Waals surface area contributed by atoms with Gasteiger partial charge in [-0.25, -0.2) is 15.0 Å². The van der Waals surface area contributed by atoms with Gasteiger partial charge in [0.1, 0.15) is 0 Å². The highest BCUT2D eigenvalue weighted by molar-refractivity contribution is 6.12. The van der Waals surface area contributed by atoms with Crippen LogP contribution < -0.4 is 0 Å². The SMILES string of the molecule is c1ccc(-c2cccc(-n3c4ccccc4c4ccc(-n5c6ccccc6c6cc(-c7ccc(-c8nc(-c9ccccc9)nc(-c9ccccc9)n8)cc7)ccc65)cc43)c2)cc1. The summed E-state index contributed by atoms with van der Waals surface area (Å²) < 4.78 is 4.83. The summed E-state index contributed by atoms with van der Waals surface area (Å²) in [5.41, 5.74) is 14.4. The van der Waals surface area contributed by atoms with Crippen LogP contribution in [-0.2, 0) is 0 Å². The van der Waals surface area contributed by atoms with Gasteiger partial charge >= 0.3 is 0 Å². The minimum absolute atomic E-state index is 0.641. The summed E-state index contributed by atoms with van der Waals surface area (Å²) in [5, 5.41) is 4.88. The summed E-state index contributed by atoms with van der Waals surface area (Å²) in [6.45, 7) is 0. The molecular formula is C57H37N5. The average Bonchev–Trinajstić information content (AvgIpc) is 3.87. The van der Waals surface area contributed by atoms with Crippen LogP contribution in [0.25, 0.3) is 111 Å². The lowest BCUT2D eigenvalue weighted by Crippen LogP contribution is -2.00. The lowest BCUT2D eigenvalue weighted by molar-refractivity contribution is 1.07. The van der Waals surface area contributed by atoms with E-state index in [-0.39, 0.29) is 0 Å². The first-order valence-electron chi connectivity index (χ1n) is 20.9. The average molecular weight is 792 g/mol. The second-order valence-electron chi connectivity index (χ2n) is 15.7. The Morgan fingerprint density at radius 1 is 0.226 bits per heavy atom. The number of rotatable bonds is 7. The molecule has 0 saturated carbocycles. The Balaban J connectivity index is 0.956. The summed E-state index contributed by atoms with van der Waals surface area (Å²) in [6.07, 6.45) is 0. The first-order valence-corrected chi connectivity index (χ1v) is 20.9. The molecule has 0 aliphatic carbocycles. The number of hydrogen-bond donors (Lipinski definition) is 0. The molecule has 12 aromatic rings. The predicted octanol–water partition coefficient (Wildman–Crippen LogP) is 14.4. The van der Waals surface area contributed by atoms with E-state index in [4.69, 9.17) is 15.0 Å². The van der Waals surface area contributed by atoms with Gasteiger partial charge in [-0.3, -0.25) is 0 Å². The van der Waals surface area contributed by atoms with Crippen molar-refractivity contribution in [2.24, 2.45) is 0 Å². The molecule has 0 aliphatic rings. The van der Waals surface area contributed by atoms with E-state index in [2.05, 4.69) is 173 Å². The maximum atomic E-state index is 4.95. The maximum Gasteiger partial charge on any atom is 0.164 e. The number of hydrogen-bond acceptors (Lipinski definition) is 3. The van der Waals surface area contributed by atoms with E-state index in [0.717, 1.165) is 44.7 Å². The lowest BCUT2D eigenvalue weighted by atomic mass is 10.0. The number of para-hydroxylation sites is 2. The third-order valence-electron chi connectivity index (χ3n) is 12.0. The second-order valence-corrected chi connectivity index (χ2v) is 15.7. The Kier molecular flexibility index (Phi) is 8.42. The molecule has 5 nitrogen and oxygen atoms in total. The fourth-order valence-electron chi connectivity index (χ4n) is 9.01. The monoisotopic (exact) mass is 791 g/mol. The van der Waals surface area contributed by atoms with E-state index < -0.39 is 0 Å². The van der Waals surface area contributed by atoms with Crippen LogP contribution in [0, 0.1) is 0 Å². The Bertz CT molecular complexity index is 3550. The quantitative estimate of drug-likeness (QED) is 0.162. The summed E-state index contributed by atoms with van der Waals surface area (Å²) in [5.74, 6) is 1.94. The number of benzene rings is 9. The van der Waals surface area contributed by atoms with E-state index in [1.807, 2.05) is 60.7 Å². The Morgan fingerprint density at radius 2 is 0.629 bits per heavy atom. The van der Waals surface area contributed by atoms with E-state index >= 15 is 0 Å². The van der Waals surface area contributed by atoms with Gasteiger partial charge in [-0.15, -0.1) is 0 Å². The smallest absolute Gasteiger partial charge is 0.164 e. The molecule has 9 aromatic carbocycles. The molecule has 5 heteroatoms. The fraction of sp³-hybridized carbons (Fsp3) is 0. The van der Waals surface area contributed by atoms with Gasteiger partial charge in [0.25, 0.3) is 0 Å². The largest absolute Gasteiger partial charge is 0.309 e. The molecule has 0 aliphatic heterocycles. The Morgan fingerprint density at radius 3 is 1.26 bits per heavy atom. The highest BCUT2D eigenvalue weighted by Crippen LogP contribution is 2.39. The van der Waals surface area contributed by atoms with Crippen molar-refractivity contribution < 1.29 is 0 Å². The molecule has 0 saturated heterocycles. The van der Waals surface area contributed by atoms with E-state index in [9.17, 15) is 0 Å². The van der Waals surface area contributed by atoms with E-state index in [0.29, 0.717) is 17.5 Å². The van der Waals surface area contributed by atoms with Crippen LogP contribution in [0.2, 0.25) is 0 Å². The molecule has 290 valence electrons. The molecule has 0 spiro atoms. The molecule has 62 heavy (non-hydrogen) atoms. The maximum absolute atomic E-state index is 4.95. The minimum Gasteiger partial charge on any atom is -0.309 e. The third kappa shape index (κ3) is 6.06. The normalized spacial score (nSPS) is 11.5. The zero-order valence-corrected chi connectivity index (χ0v) is 33.6. The van der Waals surface area contributed by atoms with Gasteiger partial charge in [0.2, 0.25) is 0 Å². The van der Waals surface area contributed by atoms with Crippen molar-refractivity contribution in [3.8, 4) is 67.8 Å². The number of fused-ring (bicyclic) bond motifs is 6. The Hall–Kier alpha value is -8.41. The molecule has 0 N–H and O–H groups in total. The van der Waals surface area contributed by atoms with Crippen molar-refractivity contribution in [2.75, 3.05) is 0 Å². The van der Waals surface area contributed by atoms with Crippen LogP contribution >= 0.6 is 0 Å². The van der Waals surface area contributed by atoms with Crippen molar-refractivity contribution in [3.05, 3.63) is 224 Å². The van der Waals surface area contributed by atoms with Crippen LogP contribution in [0.15, 0.2) is 224 Å². The highest BCUT2D eigenvalue weighted by atomic mass is 15.0. The zero-order chi connectivity index (χ0) is 41.0. The van der Waals surface area contributed by atoms with Gasteiger partial charge in [-0.1, -0.05) is 176 Å². The molecule has 3 aromatic heterocycles. The van der Waals surface area contributed by atoms with Gasteiger partial charge in [0, 0.05) is 49.6 Å². The van der Waals surface area contributed by atoms with Crippen LogP contribution in [0.1, 0.15) is 0 Å². The topological polar surface area (TPSA) is 48.5 Å². The number of aromatic nitrogens is 5. The van der Waals surface area contributed by atoms with Gasteiger partial charge < -0.3 is 9.13 Å². The highest BCUT2D eigenvalue weighted by Gasteiger charge is 2.18. The molecule has 0 unspecified atom stereocenters. The second kappa shape index (κ2) is 14.7. The van der Waals surface area contributed by atoms with Gasteiger partial charge in [0.05, 0.1) is 22.1 Å². The summed E-state index contributed by atoms with van der Waals surface area (Å²) in [4.78, 5) is 14.8. The van der Waals surface area contributed by atoms with E-state index in [1.165, 1.54) is 49.2 Å². The van der Waals surface area contributed by atoms with Crippen molar-refractivity contribution in [1.82, 2.24) is 24.1 Å². The minimum atomic E-state index is 0.641. The first-order chi connectivity index (χ1) is 30.7. The predicted molar refractivity (Wildman–Crippen MR) is 256 cm³/mol. The molecule has 0 radical (unpaired) electrons. The first kappa shape index (κ1) is 35.5. The summed E-state index contributed by atoms with van der Waals surface area (Å²) in [6, 6.07) is 79.5. The summed E-state index contributed by atoms with van der Waals surface area (Å²) >= 11 is 0. The van der Waals surface area contributed by atoms with Crippen LogP contribution in [-0.4, -0.2) is 24.1 Å². The van der Waals surface area contributed by atoms with Crippen LogP contribution in [0.3, 0.4) is 0 Å². The van der Waals surface area contributed by atoms with Gasteiger partial charge in [-0.2, -0.15) is 0 Å². The molecule has 12 rings (SSSR count). The van der Waals surface area contributed by atoms with E-state index in [1.54, 1.807) is 0 Å². The third-order valence-corrected chi connectivity index (χ3v) is 12.0. The summed E-state index contributed by atoms with van der Waals surface area (Å²) in [7, 11) is 0. The van der Waals surface area contributed by atoms with Crippen LogP contribution in [0.4, 0.5) is 0 Å². The van der Waals surface area contributed by atoms with Crippen molar-refractivity contribution in [1.29, 1.82) is 0 Å².